The molecule has 4 aromatic rings. The molecular weight excluding hydrogens is 584 g/mol. The molecule has 5 N–H and O–H groups in total. The first-order chi connectivity index (χ1) is 21.5. The number of primary amides is 1. The van der Waals surface area contributed by atoms with Gasteiger partial charge >= 0.3 is 12.3 Å². The quantitative estimate of drug-likeness (QED) is 0.135. The van der Waals surface area contributed by atoms with Crippen LogP contribution in [-0.2, 0) is 31.9 Å². The normalized spacial score (nSPS) is 10.8. The van der Waals surface area contributed by atoms with Crippen LogP contribution in [-0.4, -0.2) is 105 Å². The van der Waals surface area contributed by atoms with E-state index in [1.54, 1.807) is 24.3 Å². The van der Waals surface area contributed by atoms with Crippen LogP contribution in [0.15, 0.2) is 48.8 Å². The first kappa shape index (κ1) is 34.4. The number of likely N-dealkylation sites (N-methyl/N-ethyl adjacent to an activating group) is 3. The number of H-pyrrole nitrogens is 2. The van der Waals surface area contributed by atoms with Crippen LogP contribution in [0.4, 0.5) is 9.59 Å². The zero-order valence-corrected chi connectivity index (χ0v) is 26.1. The van der Waals surface area contributed by atoms with Crippen molar-refractivity contribution in [1.82, 2.24) is 25.1 Å². The SMILES string of the molecule is CN(C)CCc1c[nH]c2cccc(OC(=O)OCC(N)=O)c12.CNC(=O)COC(=O)Oc1cccc2[nH]cc(CCN(C)C)c12. The van der Waals surface area contributed by atoms with Crippen molar-refractivity contribution in [1.29, 1.82) is 0 Å². The van der Waals surface area contributed by atoms with Gasteiger partial charge in [0.05, 0.1) is 0 Å². The van der Waals surface area contributed by atoms with Crippen LogP contribution in [0.1, 0.15) is 11.1 Å². The van der Waals surface area contributed by atoms with E-state index < -0.39 is 30.7 Å². The molecule has 14 nitrogen and oxygen atoms in total. The summed E-state index contributed by atoms with van der Waals surface area (Å²) in [5, 5.41) is 4.05. The fourth-order valence-corrected chi connectivity index (χ4v) is 4.26. The zero-order valence-electron chi connectivity index (χ0n) is 26.1. The molecule has 242 valence electrons. The van der Waals surface area contributed by atoms with E-state index in [0.717, 1.165) is 58.9 Å². The zero-order chi connectivity index (χ0) is 32.9. The highest BCUT2D eigenvalue weighted by atomic mass is 16.7. The molecular formula is C31H40N6O8. The number of carbonyl (C=O) groups excluding carboxylic acids is 4. The Balaban J connectivity index is 0.000000246. The maximum absolute atomic E-state index is 11.7. The minimum Gasteiger partial charge on any atom is -0.424 e. The van der Waals surface area contributed by atoms with Gasteiger partial charge in [0.25, 0.3) is 11.8 Å². The number of aromatic amines is 2. The molecule has 0 aliphatic rings. The van der Waals surface area contributed by atoms with Gasteiger partial charge in [0, 0.05) is 54.3 Å². The fraction of sp³-hybridized carbons (Fsp3) is 0.355. The number of nitrogens with one attached hydrogen (secondary N) is 3. The monoisotopic (exact) mass is 624 g/mol. The van der Waals surface area contributed by atoms with Gasteiger partial charge in [-0.05, 0) is 76.4 Å². The van der Waals surface area contributed by atoms with Crippen molar-refractivity contribution in [2.75, 3.05) is 61.5 Å². The van der Waals surface area contributed by atoms with E-state index in [4.69, 9.17) is 19.9 Å². The number of hydrogen-bond acceptors (Lipinski definition) is 10. The number of ether oxygens (including phenoxy) is 4. The average molecular weight is 625 g/mol. The maximum atomic E-state index is 11.7. The third-order valence-electron chi connectivity index (χ3n) is 6.47. The molecule has 0 saturated carbocycles. The Morgan fingerprint density at radius 1 is 0.733 bits per heavy atom. The van der Waals surface area contributed by atoms with Crippen LogP contribution in [0.25, 0.3) is 21.8 Å². The number of carbonyl (C=O) groups is 4. The minimum absolute atomic E-state index is 0.369. The number of nitrogens with zero attached hydrogens (tertiary/aromatic N) is 2. The number of hydrogen-bond donors (Lipinski definition) is 4. The number of aromatic nitrogens is 2. The predicted octanol–water partition coefficient (Wildman–Crippen LogP) is 2.81. The van der Waals surface area contributed by atoms with Gasteiger partial charge in [-0.15, -0.1) is 0 Å². The number of fused-ring (bicyclic) bond motifs is 2. The van der Waals surface area contributed by atoms with Crippen LogP contribution >= 0.6 is 0 Å². The highest BCUT2D eigenvalue weighted by Gasteiger charge is 2.16. The van der Waals surface area contributed by atoms with Crippen molar-refractivity contribution in [3.63, 3.8) is 0 Å². The topological polar surface area (TPSA) is 181 Å². The van der Waals surface area contributed by atoms with Crippen molar-refractivity contribution in [2.24, 2.45) is 5.73 Å². The smallest absolute Gasteiger partial charge is 0.424 e. The van der Waals surface area contributed by atoms with Crippen LogP contribution in [0.5, 0.6) is 11.5 Å². The molecule has 4 rings (SSSR count). The molecule has 2 amide bonds. The lowest BCUT2D eigenvalue weighted by Gasteiger charge is -2.10. The second-order valence-electron chi connectivity index (χ2n) is 10.5. The van der Waals surface area contributed by atoms with Crippen molar-refractivity contribution < 1.29 is 38.1 Å². The van der Waals surface area contributed by atoms with E-state index >= 15 is 0 Å². The Kier molecular flexibility index (Phi) is 12.8. The van der Waals surface area contributed by atoms with Gasteiger partial charge in [-0.2, -0.15) is 0 Å². The molecule has 2 aromatic carbocycles. The second kappa shape index (κ2) is 16.7. The van der Waals surface area contributed by atoms with Gasteiger partial charge in [0.1, 0.15) is 11.5 Å². The number of nitrogens with two attached hydrogens (primary N) is 1. The largest absolute Gasteiger partial charge is 0.514 e. The lowest BCUT2D eigenvalue weighted by atomic mass is 10.1. The van der Waals surface area contributed by atoms with Gasteiger partial charge in [-0.3, -0.25) is 9.59 Å². The minimum atomic E-state index is -0.953. The van der Waals surface area contributed by atoms with Crippen molar-refractivity contribution in [3.05, 3.63) is 59.9 Å². The lowest BCUT2D eigenvalue weighted by molar-refractivity contribution is -0.124. The fourth-order valence-electron chi connectivity index (χ4n) is 4.26. The summed E-state index contributed by atoms with van der Waals surface area (Å²) < 4.78 is 19.8. The van der Waals surface area contributed by atoms with Gasteiger partial charge in [-0.25, -0.2) is 9.59 Å². The molecule has 0 radical (unpaired) electrons. The van der Waals surface area contributed by atoms with Gasteiger partial charge in [0.2, 0.25) is 0 Å². The summed E-state index contributed by atoms with van der Waals surface area (Å²) in [4.78, 5) is 55.5. The summed E-state index contributed by atoms with van der Waals surface area (Å²) in [5.41, 5.74) is 8.77. The molecule has 0 aliphatic carbocycles. The summed E-state index contributed by atoms with van der Waals surface area (Å²) in [6.45, 7) is 0.872. The Morgan fingerprint density at radius 2 is 1.18 bits per heavy atom. The van der Waals surface area contributed by atoms with Gasteiger partial charge < -0.3 is 49.8 Å². The summed E-state index contributed by atoms with van der Waals surface area (Å²) in [6, 6.07) is 10.8. The van der Waals surface area contributed by atoms with E-state index in [0.29, 0.717) is 11.5 Å². The van der Waals surface area contributed by atoms with E-state index in [9.17, 15) is 19.2 Å². The van der Waals surface area contributed by atoms with Crippen LogP contribution in [0.3, 0.4) is 0 Å². The molecule has 0 fully saturated rings. The molecule has 0 unspecified atom stereocenters. The van der Waals surface area contributed by atoms with Gasteiger partial charge in [-0.1, -0.05) is 12.1 Å². The lowest BCUT2D eigenvalue weighted by Crippen LogP contribution is -2.26. The third-order valence-corrected chi connectivity index (χ3v) is 6.47. The number of amides is 2. The molecule has 2 heterocycles. The van der Waals surface area contributed by atoms with E-state index in [1.165, 1.54) is 7.05 Å². The molecule has 0 spiro atoms. The molecule has 0 aliphatic heterocycles. The summed E-state index contributed by atoms with van der Waals surface area (Å²) in [5.74, 6) is -0.321. The van der Waals surface area contributed by atoms with Crippen molar-refractivity contribution in [2.45, 2.75) is 12.8 Å². The molecule has 0 saturated heterocycles. The number of rotatable bonds is 12. The Hall–Kier alpha value is -5.08. The van der Waals surface area contributed by atoms with Crippen LogP contribution < -0.4 is 20.5 Å². The first-order valence-electron chi connectivity index (χ1n) is 14.1. The Morgan fingerprint density at radius 3 is 1.58 bits per heavy atom. The maximum Gasteiger partial charge on any atom is 0.514 e. The molecule has 45 heavy (non-hydrogen) atoms. The van der Waals surface area contributed by atoms with Gasteiger partial charge in [0.15, 0.2) is 13.2 Å². The standard InChI is InChI=1S/C16H21N3O4.C15H19N3O4/c1-17-14(20)10-22-16(21)23-13-6-4-5-12-15(13)11(9-18-12)7-8-19(2)3;1-18(2)7-6-10-8-17-11-4-3-5-12(14(10)11)22-15(20)21-9-13(16)19/h4-6,9,18H,7-8,10H2,1-3H3,(H,17,20);3-5,8,17H,6-7,9H2,1-2H3,(H2,16,19). The first-order valence-corrected chi connectivity index (χ1v) is 14.1. The number of benzene rings is 2. The van der Waals surface area contributed by atoms with Crippen LogP contribution in [0, 0.1) is 0 Å². The van der Waals surface area contributed by atoms with E-state index in [2.05, 4.69) is 29.8 Å². The highest BCUT2D eigenvalue weighted by Crippen LogP contribution is 2.30. The van der Waals surface area contributed by atoms with E-state index in [1.807, 2.05) is 52.7 Å². The molecule has 2 aromatic heterocycles. The third kappa shape index (κ3) is 10.5. The Bertz CT molecular complexity index is 1610. The summed E-state index contributed by atoms with van der Waals surface area (Å²) in [7, 11) is 9.46. The van der Waals surface area contributed by atoms with E-state index in [-0.39, 0.29) is 6.61 Å². The van der Waals surface area contributed by atoms with Crippen LogP contribution in [0.2, 0.25) is 0 Å². The molecule has 0 atom stereocenters. The summed E-state index contributed by atoms with van der Waals surface area (Å²) in [6.07, 6.45) is 3.59. The van der Waals surface area contributed by atoms with Crippen molar-refractivity contribution >= 4 is 45.9 Å². The second-order valence-corrected chi connectivity index (χ2v) is 10.5. The highest BCUT2D eigenvalue weighted by molar-refractivity contribution is 5.92. The predicted molar refractivity (Wildman–Crippen MR) is 168 cm³/mol. The summed E-state index contributed by atoms with van der Waals surface area (Å²) >= 11 is 0. The average Bonchev–Trinajstić information content (AvgIpc) is 3.62. The van der Waals surface area contributed by atoms with Crippen molar-refractivity contribution in [3.8, 4) is 11.5 Å². The molecule has 0 bridgehead atoms. The molecule has 14 heteroatoms. The Labute approximate surface area is 260 Å².